The molecule has 2 aliphatic rings. The number of carbonyl (C=O) groups excluding carboxylic acids is 1. The van der Waals surface area contributed by atoms with Crippen molar-refractivity contribution in [3.8, 4) is 0 Å². The van der Waals surface area contributed by atoms with E-state index in [0.29, 0.717) is 12.0 Å². The van der Waals surface area contributed by atoms with Crippen LogP contribution in [0.5, 0.6) is 0 Å². The Balaban J connectivity index is 2.12. The fourth-order valence-corrected chi connectivity index (χ4v) is 3.28. The van der Waals surface area contributed by atoms with Crippen LogP contribution in [0.25, 0.3) is 0 Å². The molecule has 2 nitrogen and oxygen atoms in total. The van der Waals surface area contributed by atoms with Gasteiger partial charge in [-0.25, -0.2) is 8.78 Å². The molecule has 0 amide bonds. The topological polar surface area (TPSA) is 20.3 Å². The Labute approximate surface area is 105 Å². The van der Waals surface area contributed by atoms with E-state index < -0.39 is 11.6 Å². The zero-order valence-corrected chi connectivity index (χ0v) is 10.2. The number of hydrogen-bond acceptors (Lipinski definition) is 2. The number of likely N-dealkylation sites (tertiary alicyclic amines) is 1. The van der Waals surface area contributed by atoms with E-state index in [1.165, 1.54) is 6.07 Å². The second-order valence-electron chi connectivity index (χ2n) is 5.40. The standard InChI is InChI=1S/C14H15F2NO/c1-17-3-2-8-4-13(18)14-10(11(8)7-17)5-9(15)6-12(14)16/h5-6,8,11H,2-4,7H2,1H3. The minimum atomic E-state index is -0.707. The normalized spacial score (nSPS) is 27.8. The molecule has 0 N–H and O–H groups in total. The molecule has 0 saturated carbocycles. The summed E-state index contributed by atoms with van der Waals surface area (Å²) in [7, 11) is 2.00. The van der Waals surface area contributed by atoms with Crippen LogP contribution in [0.3, 0.4) is 0 Å². The number of carbonyl (C=O) groups is 1. The average molecular weight is 251 g/mol. The van der Waals surface area contributed by atoms with Gasteiger partial charge in [-0.05, 0) is 37.6 Å². The predicted octanol–water partition coefficient (Wildman–Crippen LogP) is 2.59. The van der Waals surface area contributed by atoms with Crippen molar-refractivity contribution in [1.29, 1.82) is 0 Å². The van der Waals surface area contributed by atoms with Crippen LogP contribution in [0.4, 0.5) is 8.78 Å². The number of Topliss-reactive ketones (excluding diaryl/α,β-unsaturated/α-hetero) is 1. The molecule has 2 unspecified atom stereocenters. The van der Waals surface area contributed by atoms with Crippen molar-refractivity contribution in [3.63, 3.8) is 0 Å². The molecule has 96 valence electrons. The summed E-state index contributed by atoms with van der Waals surface area (Å²) < 4.78 is 27.1. The van der Waals surface area contributed by atoms with Crippen LogP contribution >= 0.6 is 0 Å². The minimum Gasteiger partial charge on any atom is -0.306 e. The first-order valence-corrected chi connectivity index (χ1v) is 6.27. The van der Waals surface area contributed by atoms with Crippen molar-refractivity contribution >= 4 is 5.78 Å². The van der Waals surface area contributed by atoms with E-state index in [-0.39, 0.29) is 23.2 Å². The number of ketones is 1. The quantitative estimate of drug-likeness (QED) is 0.706. The highest BCUT2D eigenvalue weighted by molar-refractivity contribution is 5.99. The van der Waals surface area contributed by atoms with Gasteiger partial charge in [-0.2, -0.15) is 0 Å². The third kappa shape index (κ3) is 1.75. The first-order valence-electron chi connectivity index (χ1n) is 6.27. The second-order valence-corrected chi connectivity index (χ2v) is 5.40. The van der Waals surface area contributed by atoms with Crippen LogP contribution < -0.4 is 0 Å². The van der Waals surface area contributed by atoms with E-state index in [2.05, 4.69) is 4.90 Å². The van der Waals surface area contributed by atoms with Gasteiger partial charge >= 0.3 is 0 Å². The molecule has 3 rings (SSSR count). The summed E-state index contributed by atoms with van der Waals surface area (Å²) in [6, 6.07) is 2.15. The Morgan fingerprint density at radius 3 is 2.89 bits per heavy atom. The first kappa shape index (κ1) is 11.8. The number of nitrogens with zero attached hydrogens (tertiary/aromatic N) is 1. The molecular weight excluding hydrogens is 236 g/mol. The number of fused-ring (bicyclic) bond motifs is 3. The van der Waals surface area contributed by atoms with Crippen molar-refractivity contribution in [1.82, 2.24) is 4.90 Å². The SMILES string of the molecule is CN1CCC2CC(=O)c3c(F)cc(F)cc3C2C1. The zero-order chi connectivity index (χ0) is 12.9. The van der Waals surface area contributed by atoms with Crippen LogP contribution in [-0.4, -0.2) is 30.8 Å². The van der Waals surface area contributed by atoms with Gasteiger partial charge in [0, 0.05) is 24.9 Å². The molecule has 0 aromatic heterocycles. The summed E-state index contributed by atoms with van der Waals surface area (Å²) in [5.41, 5.74) is 0.688. The molecule has 0 spiro atoms. The van der Waals surface area contributed by atoms with Crippen LogP contribution in [0.15, 0.2) is 12.1 Å². The van der Waals surface area contributed by atoms with Gasteiger partial charge in [0.1, 0.15) is 11.6 Å². The number of halogens is 2. The molecular formula is C14H15F2NO. The zero-order valence-electron chi connectivity index (χ0n) is 10.2. The predicted molar refractivity (Wildman–Crippen MR) is 63.7 cm³/mol. The summed E-state index contributed by atoms with van der Waals surface area (Å²) in [6.45, 7) is 1.72. The monoisotopic (exact) mass is 251 g/mol. The van der Waals surface area contributed by atoms with Gasteiger partial charge < -0.3 is 4.90 Å². The van der Waals surface area contributed by atoms with E-state index in [1.54, 1.807) is 0 Å². The van der Waals surface area contributed by atoms with Gasteiger partial charge in [0.25, 0.3) is 0 Å². The summed E-state index contributed by atoms with van der Waals surface area (Å²) in [4.78, 5) is 14.1. The van der Waals surface area contributed by atoms with Crippen LogP contribution in [0, 0.1) is 17.6 Å². The van der Waals surface area contributed by atoms with Crippen molar-refractivity contribution in [3.05, 3.63) is 34.9 Å². The molecule has 1 aliphatic carbocycles. The summed E-state index contributed by atoms with van der Waals surface area (Å²) in [6.07, 6.45) is 1.32. The number of likely N-dealkylation sites (N-methyl/N-ethyl adjacent to an activating group) is 1. The highest BCUT2D eigenvalue weighted by Crippen LogP contribution is 2.41. The largest absolute Gasteiger partial charge is 0.306 e. The van der Waals surface area contributed by atoms with E-state index in [4.69, 9.17) is 0 Å². The molecule has 1 heterocycles. The van der Waals surface area contributed by atoms with Crippen molar-refractivity contribution in [2.75, 3.05) is 20.1 Å². The number of hydrogen-bond donors (Lipinski definition) is 0. The molecule has 18 heavy (non-hydrogen) atoms. The lowest BCUT2D eigenvalue weighted by Gasteiger charge is -2.40. The summed E-state index contributed by atoms with van der Waals surface area (Å²) in [5.74, 6) is -1.15. The van der Waals surface area contributed by atoms with Gasteiger partial charge in [-0.1, -0.05) is 0 Å². The highest BCUT2D eigenvalue weighted by Gasteiger charge is 2.38. The van der Waals surface area contributed by atoms with Crippen LogP contribution in [-0.2, 0) is 0 Å². The molecule has 1 aromatic carbocycles. The Morgan fingerprint density at radius 2 is 2.11 bits per heavy atom. The van der Waals surface area contributed by atoms with Crippen molar-refractivity contribution in [2.45, 2.75) is 18.8 Å². The molecule has 1 saturated heterocycles. The fraction of sp³-hybridized carbons (Fsp3) is 0.500. The Bertz CT molecular complexity index is 515. The molecule has 2 atom stereocenters. The number of benzene rings is 1. The third-order valence-corrected chi connectivity index (χ3v) is 4.17. The lowest BCUT2D eigenvalue weighted by Crippen LogP contribution is -2.40. The fourth-order valence-electron chi connectivity index (χ4n) is 3.28. The van der Waals surface area contributed by atoms with Gasteiger partial charge in [0.2, 0.25) is 0 Å². The molecule has 0 bridgehead atoms. The third-order valence-electron chi connectivity index (χ3n) is 4.17. The Kier molecular flexibility index (Phi) is 2.70. The van der Waals surface area contributed by atoms with Gasteiger partial charge in [0.05, 0.1) is 5.56 Å². The van der Waals surface area contributed by atoms with E-state index >= 15 is 0 Å². The highest BCUT2D eigenvalue weighted by atomic mass is 19.1. The average Bonchev–Trinajstić information content (AvgIpc) is 2.29. The second kappa shape index (κ2) is 4.12. The maximum absolute atomic E-state index is 13.8. The van der Waals surface area contributed by atoms with E-state index in [0.717, 1.165) is 25.6 Å². The number of rotatable bonds is 0. The van der Waals surface area contributed by atoms with Crippen molar-refractivity contribution < 1.29 is 13.6 Å². The van der Waals surface area contributed by atoms with Gasteiger partial charge in [-0.15, -0.1) is 0 Å². The van der Waals surface area contributed by atoms with Crippen LogP contribution in [0.2, 0.25) is 0 Å². The van der Waals surface area contributed by atoms with E-state index in [9.17, 15) is 13.6 Å². The molecule has 1 aromatic rings. The molecule has 1 aliphatic heterocycles. The lowest BCUT2D eigenvalue weighted by atomic mass is 9.71. The van der Waals surface area contributed by atoms with E-state index in [1.807, 2.05) is 7.05 Å². The Morgan fingerprint density at radius 1 is 1.33 bits per heavy atom. The smallest absolute Gasteiger partial charge is 0.166 e. The lowest BCUT2D eigenvalue weighted by molar-refractivity contribution is 0.0881. The van der Waals surface area contributed by atoms with Gasteiger partial charge in [0.15, 0.2) is 5.78 Å². The summed E-state index contributed by atoms with van der Waals surface area (Å²) in [5, 5.41) is 0. The van der Waals surface area contributed by atoms with Crippen molar-refractivity contribution in [2.24, 2.45) is 5.92 Å². The van der Waals surface area contributed by atoms with Crippen LogP contribution in [0.1, 0.15) is 34.7 Å². The number of piperidine rings is 1. The maximum Gasteiger partial charge on any atom is 0.166 e. The summed E-state index contributed by atoms with van der Waals surface area (Å²) >= 11 is 0. The molecule has 1 fully saturated rings. The maximum atomic E-state index is 13.8. The first-order chi connectivity index (χ1) is 8.56. The van der Waals surface area contributed by atoms with Gasteiger partial charge in [-0.3, -0.25) is 4.79 Å². The Hall–Kier alpha value is -1.29. The minimum absolute atomic E-state index is 0.0849. The molecule has 4 heteroatoms. The molecule has 0 radical (unpaired) electrons.